The number of carbonyl (C=O) groups excluding carboxylic acids is 3. The van der Waals surface area contributed by atoms with Crippen LogP contribution in [0.4, 0.5) is 0 Å². The van der Waals surface area contributed by atoms with Gasteiger partial charge in [0.1, 0.15) is 18.2 Å². The fourth-order valence-corrected chi connectivity index (χ4v) is 1.44. The zero-order valence-electron chi connectivity index (χ0n) is 13.1. The summed E-state index contributed by atoms with van der Waals surface area (Å²) in [5, 5.41) is 0. The number of Topliss-reactive ketones (excluding diaryl/α,β-unsaturated/α-hetero) is 3. The van der Waals surface area contributed by atoms with Gasteiger partial charge in [-0.25, -0.2) is 0 Å². The molecular formula is C15H28O4. The highest BCUT2D eigenvalue weighted by atomic mass is 16.5. The van der Waals surface area contributed by atoms with Crippen LogP contribution in [0.25, 0.3) is 0 Å². The maximum atomic E-state index is 10.4. The fourth-order valence-electron chi connectivity index (χ4n) is 1.44. The van der Waals surface area contributed by atoms with Crippen molar-refractivity contribution in [2.45, 2.75) is 53.9 Å². The number of hydrogen-bond acceptors (Lipinski definition) is 4. The maximum Gasteiger partial charge on any atom is 0.155 e. The molecule has 0 aliphatic heterocycles. The Hall–Kier alpha value is -1.03. The fraction of sp³-hybridized carbons (Fsp3) is 0.800. The van der Waals surface area contributed by atoms with Gasteiger partial charge in [-0.05, 0) is 39.5 Å². The summed E-state index contributed by atoms with van der Waals surface area (Å²) in [4.78, 5) is 30.4. The van der Waals surface area contributed by atoms with Gasteiger partial charge in [-0.2, -0.15) is 0 Å². The molecule has 1 rings (SSSR count). The summed E-state index contributed by atoms with van der Waals surface area (Å²) in [6, 6.07) is 0. The molecule has 2 unspecified atom stereocenters. The zero-order valence-corrected chi connectivity index (χ0v) is 13.1. The van der Waals surface area contributed by atoms with Crippen molar-refractivity contribution in [2.75, 3.05) is 13.7 Å². The van der Waals surface area contributed by atoms with Gasteiger partial charge < -0.3 is 9.53 Å². The number of ether oxygens (including phenoxy) is 1. The van der Waals surface area contributed by atoms with Crippen LogP contribution in [-0.4, -0.2) is 31.1 Å². The average Bonchev–Trinajstić information content (AvgIpc) is 2.97. The monoisotopic (exact) mass is 272 g/mol. The highest BCUT2D eigenvalue weighted by Gasteiger charge is 2.36. The van der Waals surface area contributed by atoms with Crippen LogP contribution in [-0.2, 0) is 19.1 Å². The normalized spacial score (nSPS) is 19.3. The Morgan fingerprint density at radius 3 is 1.58 bits per heavy atom. The Labute approximate surface area is 116 Å². The molecule has 1 saturated carbocycles. The number of hydrogen-bond donors (Lipinski definition) is 0. The summed E-state index contributed by atoms with van der Waals surface area (Å²) in [6.45, 7) is 9.13. The lowest BCUT2D eigenvalue weighted by atomic mass is 10.2. The Morgan fingerprint density at radius 2 is 1.58 bits per heavy atom. The van der Waals surface area contributed by atoms with Crippen LogP contribution in [0.15, 0.2) is 0 Å². The van der Waals surface area contributed by atoms with E-state index in [4.69, 9.17) is 0 Å². The van der Waals surface area contributed by atoms with E-state index in [1.165, 1.54) is 14.0 Å². The number of rotatable bonds is 5. The first-order chi connectivity index (χ1) is 8.76. The van der Waals surface area contributed by atoms with Crippen molar-refractivity contribution in [3.8, 4) is 0 Å². The molecule has 0 aromatic rings. The average molecular weight is 272 g/mol. The second-order valence-corrected chi connectivity index (χ2v) is 5.02. The van der Waals surface area contributed by atoms with Crippen molar-refractivity contribution >= 4 is 17.3 Å². The van der Waals surface area contributed by atoms with Gasteiger partial charge in [0.2, 0.25) is 0 Å². The summed E-state index contributed by atoms with van der Waals surface area (Å²) >= 11 is 0. The van der Waals surface area contributed by atoms with Crippen LogP contribution >= 0.6 is 0 Å². The molecule has 1 aliphatic rings. The van der Waals surface area contributed by atoms with E-state index in [2.05, 4.69) is 11.7 Å². The first kappa shape index (κ1) is 20.3. The van der Waals surface area contributed by atoms with Gasteiger partial charge in [-0.1, -0.05) is 13.8 Å². The number of ketones is 3. The van der Waals surface area contributed by atoms with Crippen LogP contribution in [0.3, 0.4) is 0 Å². The van der Waals surface area contributed by atoms with Crippen LogP contribution in [0.1, 0.15) is 53.9 Å². The van der Waals surface area contributed by atoms with Crippen LogP contribution < -0.4 is 0 Å². The van der Waals surface area contributed by atoms with E-state index in [0.29, 0.717) is 17.6 Å². The molecule has 0 bridgehead atoms. The molecule has 4 heteroatoms. The largest absolute Gasteiger partial charge is 0.377 e. The first-order valence-electron chi connectivity index (χ1n) is 6.74. The van der Waals surface area contributed by atoms with E-state index < -0.39 is 0 Å². The molecule has 0 amide bonds. The molecule has 0 radical (unpaired) electrons. The van der Waals surface area contributed by atoms with Gasteiger partial charge in [0.15, 0.2) is 5.78 Å². The van der Waals surface area contributed by atoms with Crippen LogP contribution in [0, 0.1) is 11.8 Å². The number of carbonyl (C=O) groups is 3. The van der Waals surface area contributed by atoms with Crippen molar-refractivity contribution in [3.05, 3.63) is 0 Å². The smallest absolute Gasteiger partial charge is 0.155 e. The Morgan fingerprint density at radius 1 is 1.11 bits per heavy atom. The van der Waals surface area contributed by atoms with E-state index in [0.717, 1.165) is 19.3 Å². The number of methoxy groups -OCH3 is 1. The Balaban J connectivity index is 0. The predicted molar refractivity (Wildman–Crippen MR) is 76.1 cm³/mol. The molecule has 4 nitrogen and oxygen atoms in total. The van der Waals surface area contributed by atoms with Gasteiger partial charge in [0.05, 0.1) is 0 Å². The maximum absolute atomic E-state index is 10.4. The molecule has 2 atom stereocenters. The Bertz CT molecular complexity index is 268. The van der Waals surface area contributed by atoms with Crippen LogP contribution in [0.5, 0.6) is 0 Å². The standard InChI is InChI=1S/C6H10O.C5H10O.C4H8O2/c1-4-3-6(4)5(2)7;1-3-4-5(2)6;1-4(5)3-6-2/h4,6H,3H2,1-2H3;3-4H2,1-2H3;3H2,1-2H3. The van der Waals surface area contributed by atoms with E-state index in [-0.39, 0.29) is 18.2 Å². The van der Waals surface area contributed by atoms with Crippen molar-refractivity contribution < 1.29 is 19.1 Å². The molecule has 0 saturated heterocycles. The lowest BCUT2D eigenvalue weighted by molar-refractivity contribution is -0.120. The summed E-state index contributed by atoms with van der Waals surface area (Å²) in [6.07, 6.45) is 2.85. The molecule has 0 aromatic carbocycles. The lowest BCUT2D eigenvalue weighted by Gasteiger charge is -1.84. The molecule has 0 aromatic heterocycles. The molecule has 19 heavy (non-hydrogen) atoms. The molecule has 112 valence electrons. The van der Waals surface area contributed by atoms with Crippen molar-refractivity contribution in [2.24, 2.45) is 11.8 Å². The third-order valence-corrected chi connectivity index (χ3v) is 2.58. The summed E-state index contributed by atoms with van der Waals surface area (Å²) < 4.78 is 4.45. The van der Waals surface area contributed by atoms with Gasteiger partial charge in [-0.15, -0.1) is 0 Å². The van der Waals surface area contributed by atoms with Gasteiger partial charge >= 0.3 is 0 Å². The van der Waals surface area contributed by atoms with Crippen molar-refractivity contribution in [3.63, 3.8) is 0 Å². The second kappa shape index (κ2) is 12.0. The minimum atomic E-state index is 0.0671. The third kappa shape index (κ3) is 17.0. The molecule has 1 fully saturated rings. The van der Waals surface area contributed by atoms with Gasteiger partial charge in [-0.3, -0.25) is 9.59 Å². The van der Waals surface area contributed by atoms with Crippen molar-refractivity contribution in [1.29, 1.82) is 0 Å². The summed E-state index contributed by atoms with van der Waals surface area (Å²) in [7, 11) is 1.50. The predicted octanol–water partition coefficient (Wildman–Crippen LogP) is 2.83. The minimum Gasteiger partial charge on any atom is -0.377 e. The minimum absolute atomic E-state index is 0.0671. The van der Waals surface area contributed by atoms with E-state index in [1.807, 2.05) is 6.92 Å². The Kier molecular flexibility index (Phi) is 12.8. The topological polar surface area (TPSA) is 60.4 Å². The van der Waals surface area contributed by atoms with E-state index in [9.17, 15) is 14.4 Å². The second-order valence-electron chi connectivity index (χ2n) is 5.02. The lowest BCUT2D eigenvalue weighted by Crippen LogP contribution is -1.98. The highest BCUT2D eigenvalue weighted by Crippen LogP contribution is 2.37. The molecule has 0 N–H and O–H groups in total. The SMILES string of the molecule is CC(=O)C1CC1C.CCCC(C)=O.COCC(C)=O. The molecule has 0 heterocycles. The van der Waals surface area contributed by atoms with Gasteiger partial charge in [0, 0.05) is 19.4 Å². The molecule has 0 spiro atoms. The highest BCUT2D eigenvalue weighted by molar-refractivity contribution is 5.81. The van der Waals surface area contributed by atoms with E-state index >= 15 is 0 Å². The summed E-state index contributed by atoms with van der Waals surface area (Å²) in [5.74, 6) is 1.85. The van der Waals surface area contributed by atoms with Gasteiger partial charge in [0.25, 0.3) is 0 Å². The zero-order chi connectivity index (χ0) is 15.4. The summed E-state index contributed by atoms with van der Waals surface area (Å²) in [5.41, 5.74) is 0. The molecule has 1 aliphatic carbocycles. The third-order valence-electron chi connectivity index (χ3n) is 2.58. The van der Waals surface area contributed by atoms with E-state index in [1.54, 1.807) is 13.8 Å². The first-order valence-corrected chi connectivity index (χ1v) is 6.74. The van der Waals surface area contributed by atoms with Crippen molar-refractivity contribution in [1.82, 2.24) is 0 Å². The molecular weight excluding hydrogens is 244 g/mol. The van der Waals surface area contributed by atoms with Crippen LogP contribution in [0.2, 0.25) is 0 Å². The quantitative estimate of drug-likeness (QED) is 0.772.